The zero-order valence-electron chi connectivity index (χ0n) is 22.3. The van der Waals surface area contributed by atoms with Crippen LogP contribution >= 0.6 is 0 Å². The van der Waals surface area contributed by atoms with Crippen molar-refractivity contribution in [3.63, 3.8) is 0 Å². The van der Waals surface area contributed by atoms with Gasteiger partial charge in [0.2, 0.25) is 0 Å². The summed E-state index contributed by atoms with van der Waals surface area (Å²) in [7, 11) is 0. The van der Waals surface area contributed by atoms with E-state index in [2.05, 4.69) is 0 Å². The van der Waals surface area contributed by atoms with E-state index in [0.29, 0.717) is 32.5 Å². The molecule has 2 saturated heterocycles. The molecule has 4 N–H and O–H groups in total. The summed E-state index contributed by atoms with van der Waals surface area (Å²) in [5.74, 6) is -1.53. The minimum Gasteiger partial charge on any atom is -0.481 e. The van der Waals surface area contributed by atoms with E-state index >= 15 is 0 Å². The third-order valence-corrected chi connectivity index (χ3v) is 7.17. The zero-order valence-corrected chi connectivity index (χ0v) is 24.3. The number of hydrogen-bond donors (Lipinski definition) is 4. The fourth-order valence-corrected chi connectivity index (χ4v) is 4.78. The Labute approximate surface area is 236 Å². The Kier molecular flexibility index (Phi) is 16.0. The number of aliphatic hydroxyl groups excluding tert-OH is 3. The van der Waals surface area contributed by atoms with Crippen molar-refractivity contribution in [3.8, 4) is 0 Å². The maximum absolute atomic E-state index is 12.1. The summed E-state index contributed by atoms with van der Waals surface area (Å²) in [4.78, 5) is 22.6. The number of esters is 1. The predicted octanol–water partition coefficient (Wildman–Crippen LogP) is 2.21. The van der Waals surface area contributed by atoms with Gasteiger partial charge in [0.15, 0.2) is 0 Å². The van der Waals surface area contributed by atoms with Crippen LogP contribution in [0.5, 0.6) is 0 Å². The summed E-state index contributed by atoms with van der Waals surface area (Å²) >= 11 is 0. The van der Waals surface area contributed by atoms with Crippen LogP contribution in [0.2, 0.25) is 0 Å². The van der Waals surface area contributed by atoms with Crippen molar-refractivity contribution < 1.29 is 44.2 Å². The fourth-order valence-electron chi connectivity index (χ4n) is 4.78. The van der Waals surface area contributed by atoms with Gasteiger partial charge in [0.1, 0.15) is 6.10 Å². The molecule has 2 fully saturated rings. The van der Waals surface area contributed by atoms with Crippen LogP contribution in [0.25, 0.3) is 0 Å². The number of carbonyl (C=O) groups excluding carboxylic acids is 1. The Balaban J connectivity index is 0.00000648. The van der Waals surface area contributed by atoms with E-state index < -0.39 is 48.6 Å². The summed E-state index contributed by atoms with van der Waals surface area (Å²) in [5.41, 5.74) is 0.744. The number of carboxylic acid groups (broad SMARTS) is 1. The minimum atomic E-state index is -0.873. The van der Waals surface area contributed by atoms with Gasteiger partial charge in [-0.25, -0.2) is 4.79 Å². The number of carbonyl (C=O) groups is 2. The molecule has 0 aliphatic carbocycles. The van der Waals surface area contributed by atoms with Crippen molar-refractivity contribution in [1.82, 2.24) is 0 Å². The molecule has 203 valence electrons. The first-order valence-electron chi connectivity index (χ1n) is 13.0. The zero-order chi connectivity index (χ0) is 26.0. The van der Waals surface area contributed by atoms with E-state index in [1.807, 2.05) is 0 Å². The number of rotatable bonds is 15. The second kappa shape index (κ2) is 17.1. The van der Waals surface area contributed by atoms with E-state index in [0.717, 1.165) is 37.7 Å². The van der Waals surface area contributed by atoms with Crippen LogP contribution in [0.15, 0.2) is 11.6 Å². The SMILES string of the molecule is C/C(=C\C(=O)OCCCCCCCCC(=O)O)C[C@@H]1OC[C@@H]2C[C@H]([C@@H](O)[C@@H](C)[C@H](C)O)O[C@H]2[C@H]1O.[Na]. The molecule has 1 radical (unpaired) electrons. The van der Waals surface area contributed by atoms with Crippen molar-refractivity contribution in [2.45, 2.75) is 115 Å². The van der Waals surface area contributed by atoms with E-state index in [-0.39, 0.29) is 47.8 Å². The monoisotopic (exact) mass is 523 g/mol. The first-order chi connectivity index (χ1) is 16.6. The Hall–Kier alpha value is -0.520. The molecule has 0 amide bonds. The Bertz CT molecular complexity index is 699. The van der Waals surface area contributed by atoms with Gasteiger partial charge in [-0.1, -0.05) is 38.2 Å². The number of ether oxygens (including phenoxy) is 3. The summed E-state index contributed by atoms with van der Waals surface area (Å²) in [6, 6.07) is 0. The summed E-state index contributed by atoms with van der Waals surface area (Å²) < 4.78 is 17.1. The molecule has 9 nitrogen and oxygen atoms in total. The largest absolute Gasteiger partial charge is 0.481 e. The van der Waals surface area contributed by atoms with Gasteiger partial charge in [0.05, 0.1) is 43.7 Å². The van der Waals surface area contributed by atoms with E-state index in [9.17, 15) is 24.9 Å². The first kappa shape index (κ1) is 33.5. The van der Waals surface area contributed by atoms with Gasteiger partial charge in [0, 0.05) is 53.9 Å². The van der Waals surface area contributed by atoms with Crippen LogP contribution in [0.1, 0.15) is 78.6 Å². The van der Waals surface area contributed by atoms with Gasteiger partial charge < -0.3 is 34.6 Å². The van der Waals surface area contributed by atoms with Crippen molar-refractivity contribution in [1.29, 1.82) is 0 Å². The number of fused-ring (bicyclic) bond motifs is 1. The van der Waals surface area contributed by atoms with Gasteiger partial charge in [-0.2, -0.15) is 0 Å². The van der Waals surface area contributed by atoms with E-state index in [1.54, 1.807) is 20.8 Å². The third-order valence-electron chi connectivity index (χ3n) is 7.17. The second-order valence-corrected chi connectivity index (χ2v) is 10.2. The summed E-state index contributed by atoms with van der Waals surface area (Å²) in [6.45, 7) is 5.96. The molecule has 36 heavy (non-hydrogen) atoms. The van der Waals surface area contributed by atoms with Crippen LogP contribution < -0.4 is 0 Å². The van der Waals surface area contributed by atoms with Crippen molar-refractivity contribution in [2.75, 3.05) is 13.2 Å². The van der Waals surface area contributed by atoms with E-state index in [4.69, 9.17) is 19.3 Å². The van der Waals surface area contributed by atoms with Crippen molar-refractivity contribution >= 4 is 41.5 Å². The Morgan fingerprint density at radius 1 is 1.08 bits per heavy atom. The molecule has 0 aromatic heterocycles. The van der Waals surface area contributed by atoms with Crippen LogP contribution in [-0.2, 0) is 23.8 Å². The topological polar surface area (TPSA) is 143 Å². The standard InChI is InChI=1S/C26H44O9.Na/c1-16(13-23(30)33-11-9-7-5-4-6-8-10-22(28)29)12-20-25(32)26-19(15-34-20)14-21(35-26)24(31)17(2)18(3)27;/h13,17-21,24-27,31-32H,4-12,14-15H2,1-3H3,(H,28,29);/b16-13+;/t17-,18-,19-,20-,21+,24-,25-,26+;/m0./s1. The van der Waals surface area contributed by atoms with Crippen LogP contribution in [-0.4, -0.2) is 112 Å². The molecular weight excluding hydrogens is 479 g/mol. The second-order valence-electron chi connectivity index (χ2n) is 10.2. The molecule has 0 aromatic carbocycles. The maximum atomic E-state index is 12.1. The number of unbranched alkanes of at least 4 members (excludes halogenated alkanes) is 5. The average molecular weight is 524 g/mol. The predicted molar refractivity (Wildman–Crippen MR) is 134 cm³/mol. The van der Waals surface area contributed by atoms with Gasteiger partial charge in [-0.15, -0.1) is 0 Å². The number of carboxylic acids is 1. The molecule has 2 aliphatic rings. The molecule has 0 saturated carbocycles. The van der Waals surface area contributed by atoms with Gasteiger partial charge in [-0.3, -0.25) is 4.79 Å². The van der Waals surface area contributed by atoms with Crippen molar-refractivity contribution in [3.05, 3.63) is 11.6 Å². The van der Waals surface area contributed by atoms with Crippen LogP contribution in [0.4, 0.5) is 0 Å². The number of aliphatic carboxylic acids is 1. The third kappa shape index (κ3) is 11.1. The summed E-state index contributed by atoms with van der Waals surface area (Å²) in [5, 5.41) is 39.7. The van der Waals surface area contributed by atoms with Crippen LogP contribution in [0.3, 0.4) is 0 Å². The molecule has 10 heteroatoms. The quantitative estimate of drug-likeness (QED) is 0.110. The fraction of sp³-hybridized carbons (Fsp3) is 0.846. The molecule has 0 aromatic rings. The van der Waals surface area contributed by atoms with Crippen LogP contribution in [0, 0.1) is 11.8 Å². The molecule has 8 atom stereocenters. The molecule has 0 bridgehead atoms. The molecule has 2 rings (SSSR count). The molecular formula is C26H44NaO9. The minimum absolute atomic E-state index is 0. The maximum Gasteiger partial charge on any atom is 0.330 e. The number of aliphatic hydroxyl groups is 3. The normalized spacial score (nSPS) is 28.5. The summed E-state index contributed by atoms with van der Waals surface area (Å²) in [6.07, 6.45) is 4.09. The number of hydrogen-bond acceptors (Lipinski definition) is 8. The van der Waals surface area contributed by atoms with Gasteiger partial charge in [-0.05, 0) is 39.5 Å². The van der Waals surface area contributed by atoms with Gasteiger partial charge >= 0.3 is 11.9 Å². The Morgan fingerprint density at radius 3 is 2.36 bits per heavy atom. The molecule has 2 aliphatic heterocycles. The van der Waals surface area contributed by atoms with Crippen molar-refractivity contribution in [2.24, 2.45) is 11.8 Å². The molecule has 2 heterocycles. The smallest absolute Gasteiger partial charge is 0.330 e. The van der Waals surface area contributed by atoms with E-state index in [1.165, 1.54) is 6.08 Å². The molecule has 0 spiro atoms. The first-order valence-corrected chi connectivity index (χ1v) is 13.0. The Morgan fingerprint density at radius 2 is 1.72 bits per heavy atom. The molecule has 0 unspecified atom stereocenters. The van der Waals surface area contributed by atoms with Gasteiger partial charge in [0.25, 0.3) is 0 Å². The average Bonchev–Trinajstić information content (AvgIpc) is 3.23.